The minimum Gasteiger partial charge on any atom is -0.444 e. The van der Waals surface area contributed by atoms with Crippen LogP contribution in [0.25, 0.3) is 0 Å². The summed E-state index contributed by atoms with van der Waals surface area (Å²) in [6.45, 7) is 12.6. The van der Waals surface area contributed by atoms with Gasteiger partial charge in [0.05, 0.1) is 6.42 Å². The summed E-state index contributed by atoms with van der Waals surface area (Å²) in [4.78, 5) is 27.9. The number of piperidine rings is 1. The van der Waals surface area contributed by atoms with E-state index in [1.165, 1.54) is 0 Å². The van der Waals surface area contributed by atoms with E-state index in [9.17, 15) is 9.59 Å². The van der Waals surface area contributed by atoms with Gasteiger partial charge < -0.3 is 14.5 Å². The molecule has 0 aromatic heterocycles. The number of likely N-dealkylation sites (tertiary alicyclic amines) is 1. The molecule has 2 aliphatic heterocycles. The van der Waals surface area contributed by atoms with Crippen molar-refractivity contribution in [1.82, 2.24) is 9.80 Å². The standard InChI is InChI=1S/C17H26N2O3/c1-6-14-12(2)11-15(20)19(14)13-7-9-18(10-8-13)16(21)22-17(3,4)5/h6,13H,1,7-11H2,2-5H3. The van der Waals surface area contributed by atoms with E-state index in [4.69, 9.17) is 4.74 Å². The van der Waals surface area contributed by atoms with Gasteiger partial charge in [0, 0.05) is 24.8 Å². The van der Waals surface area contributed by atoms with Crippen LogP contribution in [0.3, 0.4) is 0 Å². The number of ether oxygens (including phenoxy) is 1. The number of carbonyl (C=O) groups excluding carboxylic acids is 2. The average Bonchev–Trinajstić information content (AvgIpc) is 2.71. The summed E-state index contributed by atoms with van der Waals surface area (Å²) in [7, 11) is 0. The summed E-state index contributed by atoms with van der Waals surface area (Å²) in [5.74, 6) is 0.142. The Kier molecular flexibility index (Phi) is 4.63. The van der Waals surface area contributed by atoms with Crippen LogP contribution >= 0.6 is 0 Å². The van der Waals surface area contributed by atoms with E-state index in [1.807, 2.05) is 32.6 Å². The third-order valence-electron chi connectivity index (χ3n) is 4.06. The van der Waals surface area contributed by atoms with Gasteiger partial charge in [-0.05, 0) is 52.2 Å². The molecule has 0 radical (unpaired) electrons. The third kappa shape index (κ3) is 3.51. The maximum atomic E-state index is 12.2. The molecule has 0 aliphatic carbocycles. The van der Waals surface area contributed by atoms with E-state index in [0.717, 1.165) is 24.1 Å². The van der Waals surface area contributed by atoms with Crippen molar-refractivity contribution < 1.29 is 14.3 Å². The molecule has 2 aliphatic rings. The Morgan fingerprint density at radius 1 is 1.32 bits per heavy atom. The number of hydrogen-bond acceptors (Lipinski definition) is 3. The van der Waals surface area contributed by atoms with Crippen LogP contribution in [-0.2, 0) is 9.53 Å². The lowest BCUT2D eigenvalue weighted by molar-refractivity contribution is -0.129. The molecule has 5 nitrogen and oxygen atoms in total. The van der Waals surface area contributed by atoms with Crippen molar-refractivity contribution in [3.05, 3.63) is 23.9 Å². The molecule has 0 atom stereocenters. The summed E-state index contributed by atoms with van der Waals surface area (Å²) in [5, 5.41) is 0. The second kappa shape index (κ2) is 6.15. The van der Waals surface area contributed by atoms with E-state index in [0.29, 0.717) is 19.5 Å². The number of nitrogens with zero attached hydrogens (tertiary/aromatic N) is 2. The monoisotopic (exact) mass is 306 g/mol. The lowest BCUT2D eigenvalue weighted by Crippen LogP contribution is -2.48. The summed E-state index contributed by atoms with van der Waals surface area (Å²) >= 11 is 0. The molecule has 2 rings (SSSR count). The van der Waals surface area contributed by atoms with E-state index in [1.54, 1.807) is 11.0 Å². The topological polar surface area (TPSA) is 49.9 Å². The quantitative estimate of drug-likeness (QED) is 0.788. The molecule has 0 aromatic rings. The Balaban J connectivity index is 1.96. The van der Waals surface area contributed by atoms with E-state index in [-0.39, 0.29) is 18.0 Å². The van der Waals surface area contributed by atoms with Crippen molar-refractivity contribution in [2.75, 3.05) is 13.1 Å². The molecule has 0 unspecified atom stereocenters. The molecule has 0 aromatic carbocycles. The highest BCUT2D eigenvalue weighted by Crippen LogP contribution is 2.31. The molecule has 122 valence electrons. The second-order valence-corrected chi connectivity index (χ2v) is 7.01. The van der Waals surface area contributed by atoms with Gasteiger partial charge in [-0.15, -0.1) is 0 Å². The maximum Gasteiger partial charge on any atom is 0.410 e. The van der Waals surface area contributed by atoms with E-state index < -0.39 is 5.60 Å². The van der Waals surface area contributed by atoms with Crippen molar-refractivity contribution in [2.24, 2.45) is 0 Å². The van der Waals surface area contributed by atoms with E-state index >= 15 is 0 Å². The lowest BCUT2D eigenvalue weighted by atomic mass is 10.0. The number of rotatable bonds is 2. The van der Waals surface area contributed by atoms with Gasteiger partial charge >= 0.3 is 6.09 Å². The van der Waals surface area contributed by atoms with Crippen LogP contribution in [0, 0.1) is 0 Å². The first-order chi connectivity index (χ1) is 10.2. The molecule has 1 fully saturated rings. The van der Waals surface area contributed by atoms with Crippen LogP contribution in [0.5, 0.6) is 0 Å². The minimum atomic E-state index is -0.477. The third-order valence-corrected chi connectivity index (χ3v) is 4.06. The summed E-state index contributed by atoms with van der Waals surface area (Å²) < 4.78 is 5.40. The van der Waals surface area contributed by atoms with Crippen LogP contribution in [0.4, 0.5) is 4.79 Å². The van der Waals surface area contributed by atoms with Crippen LogP contribution in [0.15, 0.2) is 23.9 Å². The van der Waals surface area contributed by atoms with Crippen LogP contribution < -0.4 is 0 Å². The molecule has 0 bridgehead atoms. The Morgan fingerprint density at radius 3 is 2.41 bits per heavy atom. The fraction of sp³-hybridized carbons (Fsp3) is 0.647. The Hall–Kier alpha value is -1.78. The predicted octanol–water partition coefficient (Wildman–Crippen LogP) is 3.08. The number of amides is 2. The van der Waals surface area contributed by atoms with Gasteiger partial charge in [0.1, 0.15) is 5.60 Å². The van der Waals surface area contributed by atoms with Crippen LogP contribution in [0.2, 0.25) is 0 Å². The van der Waals surface area contributed by atoms with Crippen molar-refractivity contribution in [3.8, 4) is 0 Å². The van der Waals surface area contributed by atoms with Gasteiger partial charge in [0.2, 0.25) is 5.91 Å². The van der Waals surface area contributed by atoms with Crippen molar-refractivity contribution in [1.29, 1.82) is 0 Å². The largest absolute Gasteiger partial charge is 0.444 e. The Morgan fingerprint density at radius 2 is 1.91 bits per heavy atom. The predicted molar refractivity (Wildman–Crippen MR) is 85.2 cm³/mol. The molecule has 2 heterocycles. The SMILES string of the molecule is C=CC1=C(C)CC(=O)N1C1CCN(C(=O)OC(C)(C)C)CC1. The van der Waals surface area contributed by atoms with Gasteiger partial charge in [-0.1, -0.05) is 6.58 Å². The first-order valence-electron chi connectivity index (χ1n) is 7.85. The van der Waals surface area contributed by atoms with Gasteiger partial charge in [-0.2, -0.15) is 0 Å². The highest BCUT2D eigenvalue weighted by molar-refractivity contribution is 5.85. The Bertz CT molecular complexity index is 508. The van der Waals surface area contributed by atoms with Gasteiger partial charge in [0.15, 0.2) is 0 Å². The minimum absolute atomic E-state index is 0.142. The van der Waals surface area contributed by atoms with Crippen molar-refractivity contribution in [3.63, 3.8) is 0 Å². The van der Waals surface area contributed by atoms with Gasteiger partial charge in [0.25, 0.3) is 0 Å². The number of hydrogen-bond donors (Lipinski definition) is 0. The molecule has 2 amide bonds. The molecular weight excluding hydrogens is 280 g/mol. The fourth-order valence-electron chi connectivity index (χ4n) is 3.05. The van der Waals surface area contributed by atoms with Gasteiger partial charge in [-0.25, -0.2) is 4.79 Å². The smallest absolute Gasteiger partial charge is 0.410 e. The maximum absolute atomic E-state index is 12.2. The number of allylic oxidation sites excluding steroid dienone is 1. The zero-order chi connectivity index (χ0) is 16.5. The van der Waals surface area contributed by atoms with Crippen LogP contribution in [0.1, 0.15) is 47.0 Å². The average molecular weight is 306 g/mol. The molecule has 0 N–H and O–H groups in total. The molecule has 22 heavy (non-hydrogen) atoms. The highest BCUT2D eigenvalue weighted by atomic mass is 16.6. The summed E-state index contributed by atoms with van der Waals surface area (Å²) in [5.41, 5.74) is 1.55. The molecule has 5 heteroatoms. The Labute approximate surface area is 132 Å². The first kappa shape index (κ1) is 16.6. The van der Waals surface area contributed by atoms with Crippen molar-refractivity contribution >= 4 is 12.0 Å². The molecular formula is C17H26N2O3. The van der Waals surface area contributed by atoms with E-state index in [2.05, 4.69) is 6.58 Å². The number of carbonyl (C=O) groups is 2. The second-order valence-electron chi connectivity index (χ2n) is 7.01. The van der Waals surface area contributed by atoms with Crippen LogP contribution in [-0.4, -0.2) is 46.5 Å². The molecule has 0 spiro atoms. The van der Waals surface area contributed by atoms with Crippen molar-refractivity contribution in [2.45, 2.75) is 58.6 Å². The normalized spacial score (nSPS) is 20.6. The zero-order valence-corrected chi connectivity index (χ0v) is 14.0. The summed E-state index contributed by atoms with van der Waals surface area (Å²) in [6.07, 6.45) is 3.52. The highest BCUT2D eigenvalue weighted by Gasteiger charge is 2.35. The summed E-state index contributed by atoms with van der Waals surface area (Å²) in [6, 6.07) is 0.150. The molecule has 1 saturated heterocycles. The molecule has 0 saturated carbocycles. The zero-order valence-electron chi connectivity index (χ0n) is 14.0. The fourth-order valence-corrected chi connectivity index (χ4v) is 3.05. The first-order valence-corrected chi connectivity index (χ1v) is 7.85. The van der Waals surface area contributed by atoms with Gasteiger partial charge in [-0.3, -0.25) is 4.79 Å². The lowest BCUT2D eigenvalue weighted by Gasteiger charge is -2.37.